The lowest BCUT2D eigenvalue weighted by Crippen LogP contribution is -2.18. The van der Waals surface area contributed by atoms with Crippen molar-refractivity contribution in [2.24, 2.45) is 11.8 Å². The number of unbranched alkanes of at least 4 members (excludes halogenated alkanes) is 3. The molecule has 0 radical (unpaired) electrons. The summed E-state index contributed by atoms with van der Waals surface area (Å²) in [5, 5.41) is 27.8. The monoisotopic (exact) mass is 374 g/mol. The van der Waals surface area contributed by atoms with Gasteiger partial charge in [0.15, 0.2) is 0 Å². The molecule has 3 atom stereocenters. The van der Waals surface area contributed by atoms with Crippen molar-refractivity contribution < 1.29 is 29.7 Å². The molecule has 0 spiro atoms. The van der Waals surface area contributed by atoms with E-state index in [0.717, 1.165) is 24.8 Å². The Morgan fingerprint density at radius 2 is 1.70 bits per heavy atom. The average Bonchev–Trinajstić information content (AvgIpc) is 2.89. The van der Waals surface area contributed by atoms with Gasteiger partial charge in [-0.2, -0.15) is 0 Å². The first kappa shape index (κ1) is 20.8. The number of carbonyl (C=O) groups excluding carboxylic acids is 1. The zero-order valence-electron chi connectivity index (χ0n) is 15.2. The molecule has 0 aromatic heterocycles. The van der Waals surface area contributed by atoms with Crippen molar-refractivity contribution in [1.29, 1.82) is 0 Å². The third-order valence-corrected chi connectivity index (χ3v) is 5.06. The van der Waals surface area contributed by atoms with Gasteiger partial charge in [0.2, 0.25) is 0 Å². The molecule has 146 valence electrons. The number of rotatable bonds is 10. The average molecular weight is 374 g/mol. The second-order valence-electron chi connectivity index (χ2n) is 7.05. The van der Waals surface area contributed by atoms with Gasteiger partial charge in [0.25, 0.3) is 0 Å². The number of benzene rings is 1. The van der Waals surface area contributed by atoms with E-state index in [9.17, 15) is 19.5 Å². The lowest BCUT2D eigenvalue weighted by atomic mass is 9.88. The summed E-state index contributed by atoms with van der Waals surface area (Å²) in [6, 6.07) is 6.43. The van der Waals surface area contributed by atoms with E-state index in [0.29, 0.717) is 12.8 Å². The predicted molar refractivity (Wildman–Crippen MR) is 100 cm³/mol. The molecule has 0 aliphatic heterocycles. The first-order valence-corrected chi connectivity index (χ1v) is 9.32. The second kappa shape index (κ2) is 10.0. The van der Waals surface area contributed by atoms with Crippen LogP contribution in [0.15, 0.2) is 30.3 Å². The Bertz CT molecular complexity index is 691. The van der Waals surface area contributed by atoms with E-state index in [2.05, 4.69) is 0 Å². The first-order chi connectivity index (χ1) is 12.9. The Kier molecular flexibility index (Phi) is 7.73. The Hall–Kier alpha value is -2.47. The van der Waals surface area contributed by atoms with Crippen LogP contribution in [-0.4, -0.2) is 39.1 Å². The summed E-state index contributed by atoms with van der Waals surface area (Å²) in [6.45, 7) is 0. The van der Waals surface area contributed by atoms with Gasteiger partial charge in [0.05, 0.1) is 11.7 Å². The fourth-order valence-electron chi connectivity index (χ4n) is 3.55. The van der Waals surface area contributed by atoms with Crippen LogP contribution in [0.25, 0.3) is 6.08 Å². The van der Waals surface area contributed by atoms with Crippen LogP contribution in [0.4, 0.5) is 0 Å². The normalized spacial score (nSPS) is 22.4. The van der Waals surface area contributed by atoms with Crippen LogP contribution in [0.3, 0.4) is 0 Å². The minimum atomic E-state index is -0.981. The highest BCUT2D eigenvalue weighted by Crippen LogP contribution is 2.34. The van der Waals surface area contributed by atoms with Crippen molar-refractivity contribution in [3.63, 3.8) is 0 Å². The molecule has 0 bridgehead atoms. The molecule has 3 N–H and O–H groups in total. The molecule has 0 saturated heterocycles. The van der Waals surface area contributed by atoms with Crippen LogP contribution >= 0.6 is 0 Å². The summed E-state index contributed by atoms with van der Waals surface area (Å²) in [5.74, 6) is -2.15. The number of aliphatic hydroxyl groups is 1. The number of ketones is 1. The van der Waals surface area contributed by atoms with Crippen molar-refractivity contribution in [3.05, 3.63) is 41.5 Å². The van der Waals surface area contributed by atoms with Crippen molar-refractivity contribution in [1.82, 2.24) is 0 Å². The number of hydrogen-bond acceptors (Lipinski definition) is 4. The summed E-state index contributed by atoms with van der Waals surface area (Å²) in [6.07, 6.45) is 7.18. The first-order valence-electron chi connectivity index (χ1n) is 9.32. The van der Waals surface area contributed by atoms with Crippen LogP contribution in [0.1, 0.15) is 60.9 Å². The molecule has 2 rings (SSSR count). The van der Waals surface area contributed by atoms with Gasteiger partial charge >= 0.3 is 11.9 Å². The van der Waals surface area contributed by atoms with E-state index in [1.54, 1.807) is 12.1 Å². The van der Waals surface area contributed by atoms with E-state index < -0.39 is 18.0 Å². The fraction of sp³-hybridized carbons (Fsp3) is 0.476. The minimum Gasteiger partial charge on any atom is -0.481 e. The highest BCUT2D eigenvalue weighted by Gasteiger charge is 2.39. The summed E-state index contributed by atoms with van der Waals surface area (Å²) < 4.78 is 0. The lowest BCUT2D eigenvalue weighted by Gasteiger charge is -2.17. The number of hydrogen-bond donors (Lipinski definition) is 3. The molecule has 1 saturated carbocycles. The Balaban J connectivity index is 1.89. The number of aliphatic hydroxyl groups excluding tert-OH is 1. The summed E-state index contributed by atoms with van der Waals surface area (Å²) in [4.78, 5) is 33.6. The van der Waals surface area contributed by atoms with Gasteiger partial charge in [-0.15, -0.1) is 0 Å². The third-order valence-electron chi connectivity index (χ3n) is 5.06. The van der Waals surface area contributed by atoms with Gasteiger partial charge in [-0.3, -0.25) is 9.59 Å². The maximum absolute atomic E-state index is 12.2. The molecule has 27 heavy (non-hydrogen) atoms. The number of aromatic carboxylic acids is 1. The number of carbonyl (C=O) groups is 3. The maximum atomic E-state index is 12.2. The number of carboxylic acid groups (broad SMARTS) is 2. The van der Waals surface area contributed by atoms with Crippen molar-refractivity contribution >= 4 is 23.8 Å². The van der Waals surface area contributed by atoms with Crippen LogP contribution < -0.4 is 0 Å². The van der Waals surface area contributed by atoms with Crippen LogP contribution in [0.2, 0.25) is 0 Å². The predicted octanol–water partition coefficient (Wildman–Crippen LogP) is 3.39. The molecule has 1 aliphatic rings. The molecule has 1 aliphatic carbocycles. The standard InChI is InChI=1S/C21H26O6/c22-18-13-19(23)17(16(18)5-3-1-2-4-6-20(24)25)12-9-14-7-10-15(11-8-14)21(26)27/h7-12,16-17,19,23H,1-6,13H2,(H,24,25)(H,26,27)/b12-9+. The molecule has 0 heterocycles. The lowest BCUT2D eigenvalue weighted by molar-refractivity contribution is -0.137. The van der Waals surface area contributed by atoms with Crippen LogP contribution in [0.5, 0.6) is 0 Å². The van der Waals surface area contributed by atoms with Crippen molar-refractivity contribution in [3.8, 4) is 0 Å². The zero-order chi connectivity index (χ0) is 19.8. The fourth-order valence-corrected chi connectivity index (χ4v) is 3.55. The molecule has 6 heteroatoms. The number of Topliss-reactive ketones (excluding diaryl/α,β-unsaturated/α-hetero) is 1. The smallest absolute Gasteiger partial charge is 0.335 e. The highest BCUT2D eigenvalue weighted by atomic mass is 16.4. The van der Waals surface area contributed by atoms with E-state index in [1.165, 1.54) is 12.1 Å². The van der Waals surface area contributed by atoms with Crippen molar-refractivity contribution in [2.45, 2.75) is 51.0 Å². The molecular formula is C21H26O6. The van der Waals surface area contributed by atoms with Crippen LogP contribution in [-0.2, 0) is 9.59 Å². The summed E-state index contributed by atoms with van der Waals surface area (Å²) >= 11 is 0. The molecule has 1 aromatic rings. The largest absolute Gasteiger partial charge is 0.481 e. The Labute approximate surface area is 158 Å². The molecule has 6 nitrogen and oxygen atoms in total. The van der Waals surface area contributed by atoms with Gasteiger partial charge in [0.1, 0.15) is 5.78 Å². The minimum absolute atomic E-state index is 0.0731. The van der Waals surface area contributed by atoms with Gasteiger partial charge in [-0.05, 0) is 30.5 Å². The van der Waals surface area contributed by atoms with Gasteiger partial charge in [-0.1, -0.05) is 43.5 Å². The van der Waals surface area contributed by atoms with Crippen molar-refractivity contribution in [2.75, 3.05) is 0 Å². The molecule has 0 amide bonds. The number of aliphatic carboxylic acids is 1. The van der Waals surface area contributed by atoms with E-state index in [-0.39, 0.29) is 36.0 Å². The van der Waals surface area contributed by atoms with E-state index >= 15 is 0 Å². The second-order valence-corrected chi connectivity index (χ2v) is 7.05. The SMILES string of the molecule is O=C(O)CCCCCCC1C(=O)CC(O)C1/C=C/c1ccc(C(=O)O)cc1. The Morgan fingerprint density at radius 1 is 1.04 bits per heavy atom. The molecule has 1 aromatic carbocycles. The van der Waals surface area contributed by atoms with Gasteiger partial charge in [-0.25, -0.2) is 4.79 Å². The molecular weight excluding hydrogens is 348 g/mol. The van der Waals surface area contributed by atoms with E-state index in [4.69, 9.17) is 10.2 Å². The third kappa shape index (κ3) is 6.32. The zero-order valence-corrected chi connectivity index (χ0v) is 15.2. The number of carboxylic acids is 2. The summed E-state index contributed by atoms with van der Waals surface area (Å²) in [7, 11) is 0. The maximum Gasteiger partial charge on any atom is 0.335 e. The van der Waals surface area contributed by atoms with Gasteiger partial charge in [0, 0.05) is 24.7 Å². The quantitative estimate of drug-likeness (QED) is 0.541. The summed E-state index contributed by atoms with van der Waals surface area (Å²) in [5.41, 5.74) is 1.03. The van der Waals surface area contributed by atoms with E-state index in [1.807, 2.05) is 12.2 Å². The van der Waals surface area contributed by atoms with Gasteiger partial charge < -0.3 is 15.3 Å². The Morgan fingerprint density at radius 3 is 2.33 bits per heavy atom. The molecule has 1 fully saturated rings. The topological polar surface area (TPSA) is 112 Å². The van der Waals surface area contributed by atoms with Crippen LogP contribution in [0, 0.1) is 11.8 Å². The highest BCUT2D eigenvalue weighted by molar-refractivity contribution is 5.88. The molecule has 3 unspecified atom stereocenters.